The van der Waals surface area contributed by atoms with Gasteiger partial charge in [0.25, 0.3) is 0 Å². The molecule has 0 saturated heterocycles. The van der Waals surface area contributed by atoms with E-state index in [0.717, 1.165) is 88.2 Å². The molecule has 0 amide bonds. The lowest BCUT2D eigenvalue weighted by atomic mass is 9.95. The Bertz CT molecular complexity index is 3120. The third-order valence-corrected chi connectivity index (χ3v) is 10.0. The maximum atomic E-state index is 5.34. The average molecular weight is 666 g/mol. The van der Waals surface area contributed by atoms with E-state index in [1.54, 1.807) is 0 Å². The van der Waals surface area contributed by atoms with Crippen LogP contribution in [0.4, 0.5) is 0 Å². The fraction of sp³-hybridized carbons (Fsp3) is 0. The molecule has 7 nitrogen and oxygen atoms in total. The third kappa shape index (κ3) is 4.29. The zero-order valence-corrected chi connectivity index (χ0v) is 27.7. The molecule has 7 aromatic carbocycles. The Balaban J connectivity index is 1.19. The first-order chi connectivity index (χ1) is 25.8. The largest absolute Gasteiger partial charge is 0.276 e. The van der Waals surface area contributed by atoms with E-state index in [0.29, 0.717) is 11.8 Å². The van der Waals surface area contributed by atoms with Gasteiger partial charge in [-0.2, -0.15) is 0 Å². The smallest absolute Gasteiger partial charge is 0.237 e. The molecule has 0 aliphatic rings. The molecule has 0 spiro atoms. The molecule has 0 bridgehead atoms. The molecule has 11 rings (SSSR count). The second-order valence-corrected chi connectivity index (χ2v) is 13.0. The van der Waals surface area contributed by atoms with Crippen LogP contribution in [-0.4, -0.2) is 33.9 Å². The highest BCUT2D eigenvalue weighted by molar-refractivity contribution is 6.23. The Morgan fingerprint density at radius 3 is 1.62 bits per heavy atom. The highest BCUT2D eigenvalue weighted by atomic mass is 15.3. The number of nitrogens with zero attached hydrogens (tertiary/aromatic N) is 7. The summed E-state index contributed by atoms with van der Waals surface area (Å²) in [6.07, 6.45) is 3.88. The van der Waals surface area contributed by atoms with Gasteiger partial charge in [-0.05, 0) is 75.5 Å². The number of aromatic nitrogens is 7. The van der Waals surface area contributed by atoms with Crippen molar-refractivity contribution in [3.8, 4) is 39.6 Å². The minimum Gasteiger partial charge on any atom is -0.276 e. The summed E-state index contributed by atoms with van der Waals surface area (Å²) in [5.74, 6) is 1.92. The van der Waals surface area contributed by atoms with Crippen molar-refractivity contribution in [2.45, 2.75) is 0 Å². The van der Waals surface area contributed by atoms with E-state index in [1.807, 2.05) is 53.4 Å². The number of hydrogen-bond donors (Lipinski definition) is 0. The highest BCUT2D eigenvalue weighted by Gasteiger charge is 2.21. The van der Waals surface area contributed by atoms with Crippen molar-refractivity contribution in [1.82, 2.24) is 33.9 Å². The monoisotopic (exact) mass is 665 g/mol. The Kier molecular flexibility index (Phi) is 6.12. The minimum absolute atomic E-state index is 0.531. The van der Waals surface area contributed by atoms with Gasteiger partial charge in [0, 0.05) is 28.7 Å². The first-order valence-corrected chi connectivity index (χ1v) is 17.3. The van der Waals surface area contributed by atoms with Crippen LogP contribution in [0.15, 0.2) is 164 Å². The number of rotatable bonds is 4. The van der Waals surface area contributed by atoms with Gasteiger partial charge in [-0.25, -0.2) is 29.5 Å². The van der Waals surface area contributed by atoms with Gasteiger partial charge in [-0.1, -0.05) is 109 Å². The van der Waals surface area contributed by atoms with Crippen LogP contribution in [0.2, 0.25) is 0 Å². The summed E-state index contributed by atoms with van der Waals surface area (Å²) >= 11 is 0. The second-order valence-electron chi connectivity index (χ2n) is 13.0. The first-order valence-electron chi connectivity index (χ1n) is 17.3. The third-order valence-electron chi connectivity index (χ3n) is 10.0. The lowest BCUT2D eigenvalue weighted by Gasteiger charge is -2.13. The normalized spacial score (nSPS) is 11.8. The fourth-order valence-electron chi connectivity index (χ4n) is 7.61. The van der Waals surface area contributed by atoms with Gasteiger partial charge < -0.3 is 0 Å². The van der Waals surface area contributed by atoms with Crippen molar-refractivity contribution in [2.75, 3.05) is 0 Å². The zero-order chi connectivity index (χ0) is 34.2. The Morgan fingerprint density at radius 2 is 0.923 bits per heavy atom. The molecule has 0 atom stereocenters. The van der Waals surface area contributed by atoms with Gasteiger partial charge in [0.2, 0.25) is 11.7 Å². The van der Waals surface area contributed by atoms with Gasteiger partial charge in [-0.15, -0.1) is 0 Å². The molecule has 242 valence electrons. The molecule has 0 unspecified atom stereocenters. The number of fused-ring (bicyclic) bond motifs is 11. The number of hydrogen-bond acceptors (Lipinski definition) is 5. The molecule has 11 aromatic rings. The molecular formula is C45H27N7. The van der Waals surface area contributed by atoms with E-state index < -0.39 is 0 Å². The predicted octanol–water partition coefficient (Wildman–Crippen LogP) is 10.5. The second kappa shape index (κ2) is 11.1. The molecule has 0 radical (unpaired) electrons. The topological polar surface area (TPSA) is 73.8 Å². The number of benzene rings is 7. The van der Waals surface area contributed by atoms with Crippen molar-refractivity contribution in [3.05, 3.63) is 164 Å². The molecular weight excluding hydrogens is 639 g/mol. The zero-order valence-electron chi connectivity index (χ0n) is 27.7. The predicted molar refractivity (Wildman–Crippen MR) is 210 cm³/mol. The summed E-state index contributed by atoms with van der Waals surface area (Å²) < 4.78 is 4.23. The van der Waals surface area contributed by atoms with Crippen LogP contribution in [0.1, 0.15) is 0 Å². The average Bonchev–Trinajstić information content (AvgIpc) is 3.76. The Morgan fingerprint density at radius 1 is 0.385 bits per heavy atom. The van der Waals surface area contributed by atoms with Gasteiger partial charge in [0.15, 0.2) is 5.82 Å². The number of imidazole rings is 2. The SMILES string of the molecule is c1ccc(-c2cc(-c3ccccc3)cc(-c3ncc4c5ccccc5c5cnc(-n6c7ccccc7n7c8ccccc8nc67)nc5c4n3)c2)cc1. The molecule has 0 N–H and O–H groups in total. The first kappa shape index (κ1) is 28.6. The Labute approximate surface area is 297 Å². The van der Waals surface area contributed by atoms with Gasteiger partial charge in [0.05, 0.1) is 22.1 Å². The molecule has 0 fully saturated rings. The fourth-order valence-corrected chi connectivity index (χ4v) is 7.61. The highest BCUT2D eigenvalue weighted by Crippen LogP contribution is 2.37. The molecule has 4 heterocycles. The molecule has 52 heavy (non-hydrogen) atoms. The summed E-state index contributed by atoms with van der Waals surface area (Å²) in [6, 6.07) is 52.3. The maximum Gasteiger partial charge on any atom is 0.237 e. The van der Waals surface area contributed by atoms with Crippen LogP contribution in [0, 0.1) is 0 Å². The van der Waals surface area contributed by atoms with Crippen molar-refractivity contribution in [3.63, 3.8) is 0 Å². The van der Waals surface area contributed by atoms with Crippen LogP contribution in [-0.2, 0) is 0 Å². The minimum atomic E-state index is 0.531. The lowest BCUT2D eigenvalue weighted by molar-refractivity contribution is 0.985. The quantitative estimate of drug-likeness (QED) is 0.175. The number of para-hydroxylation sites is 4. The summed E-state index contributed by atoms with van der Waals surface area (Å²) in [5, 5.41) is 3.98. The Hall–Kier alpha value is -7.25. The van der Waals surface area contributed by atoms with Crippen LogP contribution in [0.5, 0.6) is 0 Å². The summed E-state index contributed by atoms with van der Waals surface area (Å²) in [7, 11) is 0. The van der Waals surface area contributed by atoms with E-state index in [4.69, 9.17) is 24.9 Å². The van der Waals surface area contributed by atoms with E-state index in [-0.39, 0.29) is 0 Å². The van der Waals surface area contributed by atoms with Crippen molar-refractivity contribution < 1.29 is 0 Å². The lowest BCUT2D eigenvalue weighted by Crippen LogP contribution is -2.03. The van der Waals surface area contributed by atoms with Crippen molar-refractivity contribution in [2.24, 2.45) is 0 Å². The molecule has 0 saturated carbocycles. The van der Waals surface area contributed by atoms with E-state index >= 15 is 0 Å². The summed E-state index contributed by atoms with van der Waals surface area (Å²) in [5.41, 5.74) is 10.9. The summed E-state index contributed by atoms with van der Waals surface area (Å²) in [6.45, 7) is 0. The molecule has 7 heteroatoms. The standard InChI is InChI=1S/C45H27N7/c1-3-13-28(14-4-1)30-23-31(29-15-5-2-6-16-29)25-32(24-30)43-46-26-35-33-17-7-8-18-34(33)36-27-47-44(50-42(36)41(35)49-43)52-40-22-12-11-21-39(40)51-38-20-10-9-19-37(38)48-45(51)52/h1-27H. The van der Waals surface area contributed by atoms with Gasteiger partial charge in [-0.3, -0.25) is 4.40 Å². The molecule has 0 aliphatic carbocycles. The summed E-state index contributed by atoms with van der Waals surface area (Å²) in [4.78, 5) is 25.8. The van der Waals surface area contributed by atoms with E-state index in [9.17, 15) is 0 Å². The van der Waals surface area contributed by atoms with Crippen molar-refractivity contribution >= 4 is 60.4 Å². The van der Waals surface area contributed by atoms with Crippen LogP contribution < -0.4 is 0 Å². The maximum absolute atomic E-state index is 5.34. The van der Waals surface area contributed by atoms with Gasteiger partial charge >= 0.3 is 0 Å². The van der Waals surface area contributed by atoms with Crippen LogP contribution in [0.3, 0.4) is 0 Å². The van der Waals surface area contributed by atoms with E-state index in [2.05, 4.69) is 120 Å². The van der Waals surface area contributed by atoms with E-state index in [1.165, 1.54) is 0 Å². The van der Waals surface area contributed by atoms with Crippen LogP contribution >= 0.6 is 0 Å². The molecule has 4 aromatic heterocycles. The van der Waals surface area contributed by atoms with Crippen LogP contribution in [0.25, 0.3) is 100 Å². The van der Waals surface area contributed by atoms with Crippen molar-refractivity contribution in [1.29, 1.82) is 0 Å². The van der Waals surface area contributed by atoms with Gasteiger partial charge in [0.1, 0.15) is 11.0 Å². The molecule has 0 aliphatic heterocycles.